The smallest absolute Gasteiger partial charge is 0.338 e. The SMILES string of the molecule is CCOC(=O)C1=C(c2ccccc2)N=c2s/c(=C\c3ccc(C)c(OC)c3)c(=O)n2[C@@H]1c1ccc(OC)cc1. The average molecular weight is 541 g/mol. The number of aromatic nitrogens is 1. The lowest BCUT2D eigenvalue weighted by Crippen LogP contribution is -2.40. The van der Waals surface area contributed by atoms with Crippen LogP contribution in [-0.2, 0) is 9.53 Å². The molecule has 0 radical (unpaired) electrons. The minimum Gasteiger partial charge on any atom is -0.497 e. The molecule has 0 N–H and O–H groups in total. The Labute approximate surface area is 229 Å². The van der Waals surface area contributed by atoms with Crippen molar-refractivity contribution in [3.05, 3.63) is 120 Å². The summed E-state index contributed by atoms with van der Waals surface area (Å²) >= 11 is 1.28. The van der Waals surface area contributed by atoms with Crippen LogP contribution >= 0.6 is 11.3 Å². The third-order valence-corrected chi connectivity index (χ3v) is 7.52. The number of carbonyl (C=O) groups excluding carboxylic acids is 1. The topological polar surface area (TPSA) is 79.1 Å². The van der Waals surface area contributed by atoms with Crippen molar-refractivity contribution in [1.82, 2.24) is 4.57 Å². The monoisotopic (exact) mass is 540 g/mol. The largest absolute Gasteiger partial charge is 0.497 e. The number of nitrogens with zero attached hydrogens (tertiary/aromatic N) is 2. The number of benzene rings is 3. The Hall–Kier alpha value is -4.43. The van der Waals surface area contributed by atoms with Gasteiger partial charge in [0.2, 0.25) is 0 Å². The maximum absolute atomic E-state index is 14.0. The van der Waals surface area contributed by atoms with Crippen molar-refractivity contribution in [3.63, 3.8) is 0 Å². The highest BCUT2D eigenvalue weighted by Crippen LogP contribution is 2.35. The number of ether oxygens (including phenoxy) is 3. The lowest BCUT2D eigenvalue weighted by atomic mass is 9.93. The van der Waals surface area contributed by atoms with E-state index in [-0.39, 0.29) is 12.2 Å². The first-order valence-electron chi connectivity index (χ1n) is 12.5. The number of hydrogen-bond acceptors (Lipinski definition) is 7. The molecule has 8 heteroatoms. The molecule has 0 aliphatic carbocycles. The number of aryl methyl sites for hydroxylation is 1. The molecule has 1 atom stereocenters. The molecule has 3 aromatic carbocycles. The number of carbonyl (C=O) groups is 1. The van der Waals surface area contributed by atoms with E-state index in [0.29, 0.717) is 26.4 Å². The van der Waals surface area contributed by atoms with Crippen molar-refractivity contribution < 1.29 is 19.0 Å². The van der Waals surface area contributed by atoms with Crippen LogP contribution in [0, 0.1) is 6.92 Å². The molecule has 198 valence electrons. The van der Waals surface area contributed by atoms with E-state index >= 15 is 0 Å². The van der Waals surface area contributed by atoms with Gasteiger partial charge in [0.05, 0.1) is 42.7 Å². The standard InChI is InChI=1S/C31H28N2O5S/c1-5-38-30(35)26-27(21-9-7-6-8-10-21)32-31-33(28(26)22-13-15-23(36-3)16-14-22)29(34)25(39-31)18-20-12-11-19(2)24(17-20)37-4/h6-18,28H,5H2,1-4H3/b25-18-/t28-/m1/s1. The molecule has 0 unspecified atom stereocenters. The van der Waals surface area contributed by atoms with Gasteiger partial charge in [-0.15, -0.1) is 0 Å². The van der Waals surface area contributed by atoms with Gasteiger partial charge in [0, 0.05) is 5.56 Å². The van der Waals surface area contributed by atoms with Crippen molar-refractivity contribution in [1.29, 1.82) is 0 Å². The molecular formula is C31H28N2O5S. The van der Waals surface area contributed by atoms with E-state index in [1.807, 2.05) is 85.8 Å². The molecule has 0 saturated carbocycles. The summed E-state index contributed by atoms with van der Waals surface area (Å²) in [6, 6.07) is 21.9. The number of fused-ring (bicyclic) bond motifs is 1. The van der Waals surface area contributed by atoms with E-state index in [0.717, 1.165) is 28.0 Å². The zero-order valence-corrected chi connectivity index (χ0v) is 23.0. The van der Waals surface area contributed by atoms with Crippen LogP contribution in [0.3, 0.4) is 0 Å². The highest BCUT2D eigenvalue weighted by atomic mass is 32.1. The summed E-state index contributed by atoms with van der Waals surface area (Å²) in [5, 5.41) is 0. The lowest BCUT2D eigenvalue weighted by molar-refractivity contribution is -0.138. The van der Waals surface area contributed by atoms with Gasteiger partial charge < -0.3 is 14.2 Å². The Balaban J connectivity index is 1.80. The molecule has 1 aromatic heterocycles. The van der Waals surface area contributed by atoms with Crippen molar-refractivity contribution in [2.24, 2.45) is 4.99 Å². The predicted molar refractivity (Wildman–Crippen MR) is 152 cm³/mol. The van der Waals surface area contributed by atoms with Crippen molar-refractivity contribution in [3.8, 4) is 11.5 Å². The summed E-state index contributed by atoms with van der Waals surface area (Å²) in [5.41, 5.74) is 3.89. The van der Waals surface area contributed by atoms with Crippen LogP contribution in [0.2, 0.25) is 0 Å². The minimum absolute atomic E-state index is 0.194. The van der Waals surface area contributed by atoms with Crippen LogP contribution < -0.4 is 24.4 Å². The van der Waals surface area contributed by atoms with Gasteiger partial charge in [0.25, 0.3) is 5.56 Å². The van der Waals surface area contributed by atoms with Gasteiger partial charge in [0.1, 0.15) is 11.5 Å². The lowest BCUT2D eigenvalue weighted by Gasteiger charge is -2.26. The quantitative estimate of drug-likeness (QED) is 0.328. The maximum Gasteiger partial charge on any atom is 0.338 e. The van der Waals surface area contributed by atoms with E-state index in [9.17, 15) is 9.59 Å². The molecule has 0 bridgehead atoms. The molecule has 0 amide bonds. The molecule has 0 spiro atoms. The van der Waals surface area contributed by atoms with E-state index in [1.165, 1.54) is 11.3 Å². The maximum atomic E-state index is 14.0. The Morgan fingerprint density at radius 2 is 1.77 bits per heavy atom. The molecule has 39 heavy (non-hydrogen) atoms. The zero-order valence-electron chi connectivity index (χ0n) is 22.1. The summed E-state index contributed by atoms with van der Waals surface area (Å²) < 4.78 is 18.4. The van der Waals surface area contributed by atoms with Gasteiger partial charge in [-0.05, 0) is 54.8 Å². The summed E-state index contributed by atoms with van der Waals surface area (Å²) in [6.07, 6.45) is 1.83. The highest BCUT2D eigenvalue weighted by Gasteiger charge is 2.35. The molecule has 0 saturated heterocycles. The normalized spacial score (nSPS) is 15.0. The zero-order chi connectivity index (χ0) is 27.5. The predicted octanol–water partition coefficient (Wildman–Crippen LogP) is 4.26. The van der Waals surface area contributed by atoms with Crippen LogP contribution in [0.15, 0.2) is 88.2 Å². The number of hydrogen-bond donors (Lipinski definition) is 0. The first kappa shape index (κ1) is 26.2. The number of methoxy groups -OCH3 is 2. The van der Waals surface area contributed by atoms with Gasteiger partial charge >= 0.3 is 5.97 Å². The van der Waals surface area contributed by atoms with E-state index in [1.54, 1.807) is 25.7 Å². The van der Waals surface area contributed by atoms with Crippen molar-refractivity contribution >= 4 is 29.1 Å². The number of thiazole rings is 1. The average Bonchev–Trinajstić information content (AvgIpc) is 3.28. The molecule has 5 rings (SSSR count). The van der Waals surface area contributed by atoms with Crippen LogP contribution in [0.25, 0.3) is 11.8 Å². The van der Waals surface area contributed by atoms with Gasteiger partial charge in [-0.3, -0.25) is 9.36 Å². The second-order valence-corrected chi connectivity index (χ2v) is 9.94. The molecule has 4 aromatic rings. The third kappa shape index (κ3) is 5.03. The Morgan fingerprint density at radius 3 is 2.44 bits per heavy atom. The fraction of sp³-hybridized carbons (Fsp3) is 0.194. The second kappa shape index (κ2) is 11.1. The first-order chi connectivity index (χ1) is 18.9. The fourth-order valence-electron chi connectivity index (χ4n) is 4.62. The summed E-state index contributed by atoms with van der Waals surface area (Å²) in [6.45, 7) is 3.92. The van der Waals surface area contributed by atoms with E-state index in [2.05, 4.69) is 0 Å². The van der Waals surface area contributed by atoms with E-state index in [4.69, 9.17) is 19.2 Å². The van der Waals surface area contributed by atoms with Crippen molar-refractivity contribution in [2.75, 3.05) is 20.8 Å². The minimum atomic E-state index is -0.740. The van der Waals surface area contributed by atoms with Crippen molar-refractivity contribution in [2.45, 2.75) is 19.9 Å². The molecule has 2 heterocycles. The van der Waals surface area contributed by atoms with Crippen LogP contribution in [-0.4, -0.2) is 31.4 Å². The van der Waals surface area contributed by atoms with E-state index < -0.39 is 12.0 Å². The number of rotatable bonds is 7. The summed E-state index contributed by atoms with van der Waals surface area (Å²) in [5.74, 6) is 0.895. The van der Waals surface area contributed by atoms with Crippen LogP contribution in [0.5, 0.6) is 11.5 Å². The summed E-state index contributed by atoms with van der Waals surface area (Å²) in [4.78, 5) is 32.8. The van der Waals surface area contributed by atoms with Gasteiger partial charge in [-0.2, -0.15) is 0 Å². The Kier molecular flexibility index (Phi) is 7.47. The third-order valence-electron chi connectivity index (χ3n) is 6.54. The fourth-order valence-corrected chi connectivity index (χ4v) is 5.62. The molecule has 7 nitrogen and oxygen atoms in total. The highest BCUT2D eigenvalue weighted by molar-refractivity contribution is 7.07. The first-order valence-corrected chi connectivity index (χ1v) is 13.3. The molecule has 1 aliphatic rings. The van der Waals surface area contributed by atoms with Gasteiger partial charge in [-0.1, -0.05) is 65.9 Å². The molecular weight excluding hydrogens is 512 g/mol. The molecule has 0 fully saturated rings. The Bertz CT molecular complexity index is 1730. The summed E-state index contributed by atoms with van der Waals surface area (Å²) in [7, 11) is 3.21. The molecule has 1 aliphatic heterocycles. The Morgan fingerprint density at radius 1 is 1.03 bits per heavy atom. The van der Waals surface area contributed by atoms with Gasteiger partial charge in [0.15, 0.2) is 4.80 Å². The van der Waals surface area contributed by atoms with Crippen LogP contribution in [0.1, 0.15) is 35.2 Å². The number of esters is 1. The van der Waals surface area contributed by atoms with Gasteiger partial charge in [-0.25, -0.2) is 9.79 Å². The second-order valence-electron chi connectivity index (χ2n) is 8.93. The van der Waals surface area contributed by atoms with Crippen LogP contribution in [0.4, 0.5) is 0 Å².